The van der Waals surface area contributed by atoms with Gasteiger partial charge in [-0.1, -0.05) is 18.2 Å². The van der Waals surface area contributed by atoms with Crippen LogP contribution in [0, 0.1) is 6.92 Å². The van der Waals surface area contributed by atoms with Crippen molar-refractivity contribution < 1.29 is 0 Å². The molecule has 3 heteroatoms. The average Bonchev–Trinajstić information content (AvgIpc) is 2.96. The fourth-order valence-electron chi connectivity index (χ4n) is 2.23. The van der Waals surface area contributed by atoms with Crippen LogP contribution in [0.3, 0.4) is 0 Å². The molecule has 1 nitrogen and oxygen atoms in total. The summed E-state index contributed by atoms with van der Waals surface area (Å²) in [5.41, 5.74) is 1.37. The normalized spacial score (nSPS) is 13.0. The number of hydrogen-bond donors (Lipinski definition) is 1. The van der Waals surface area contributed by atoms with Crippen LogP contribution in [-0.4, -0.2) is 7.05 Å². The molecule has 0 bridgehead atoms. The number of fused-ring (bicyclic) bond motifs is 1. The van der Waals surface area contributed by atoms with E-state index in [4.69, 9.17) is 0 Å². The van der Waals surface area contributed by atoms with Crippen LogP contribution >= 0.6 is 22.7 Å². The lowest BCUT2D eigenvalue weighted by atomic mass is 10.1. The van der Waals surface area contributed by atoms with Gasteiger partial charge in [0.25, 0.3) is 0 Å². The fourth-order valence-corrected chi connectivity index (χ4v) is 4.17. The summed E-state index contributed by atoms with van der Waals surface area (Å²) in [6, 6.07) is 13.5. The molecule has 0 saturated heterocycles. The molecule has 0 saturated carbocycles. The monoisotopic (exact) mass is 273 g/mol. The van der Waals surface area contributed by atoms with Crippen LogP contribution in [0.25, 0.3) is 10.1 Å². The van der Waals surface area contributed by atoms with Gasteiger partial charge in [0, 0.05) is 14.5 Å². The molecule has 3 aromatic rings. The Kier molecular flexibility index (Phi) is 3.20. The highest BCUT2D eigenvalue weighted by Crippen LogP contribution is 2.34. The maximum atomic E-state index is 3.43. The molecule has 2 aromatic heterocycles. The molecule has 1 aromatic carbocycles. The third-order valence-corrected chi connectivity index (χ3v) is 5.16. The van der Waals surface area contributed by atoms with Gasteiger partial charge in [-0.25, -0.2) is 0 Å². The summed E-state index contributed by atoms with van der Waals surface area (Å²) in [7, 11) is 2.03. The molecular formula is C15H15NS2. The molecule has 18 heavy (non-hydrogen) atoms. The van der Waals surface area contributed by atoms with E-state index in [0.717, 1.165) is 0 Å². The minimum Gasteiger partial charge on any atom is -0.309 e. The highest BCUT2D eigenvalue weighted by molar-refractivity contribution is 7.19. The van der Waals surface area contributed by atoms with Crippen LogP contribution < -0.4 is 5.32 Å². The molecule has 0 spiro atoms. The quantitative estimate of drug-likeness (QED) is 0.736. The summed E-state index contributed by atoms with van der Waals surface area (Å²) < 4.78 is 1.36. The zero-order valence-electron chi connectivity index (χ0n) is 10.4. The van der Waals surface area contributed by atoms with E-state index in [1.807, 2.05) is 29.7 Å². The smallest absolute Gasteiger partial charge is 0.0677 e. The van der Waals surface area contributed by atoms with Crippen LogP contribution in [0.2, 0.25) is 0 Å². The van der Waals surface area contributed by atoms with Crippen molar-refractivity contribution in [3.8, 4) is 0 Å². The second-order valence-corrected chi connectivity index (χ2v) is 6.63. The molecule has 0 amide bonds. The van der Waals surface area contributed by atoms with Gasteiger partial charge in [-0.05, 0) is 48.5 Å². The largest absolute Gasteiger partial charge is 0.309 e. The number of aryl methyl sites for hydroxylation is 1. The highest BCUT2D eigenvalue weighted by Gasteiger charge is 2.15. The Morgan fingerprint density at radius 2 is 2.00 bits per heavy atom. The first-order valence-electron chi connectivity index (χ1n) is 5.98. The second kappa shape index (κ2) is 4.84. The van der Waals surface area contributed by atoms with Gasteiger partial charge in [0.1, 0.15) is 0 Å². The van der Waals surface area contributed by atoms with E-state index in [-0.39, 0.29) is 0 Å². The van der Waals surface area contributed by atoms with Crippen LogP contribution in [0.5, 0.6) is 0 Å². The van der Waals surface area contributed by atoms with Crippen molar-refractivity contribution in [3.63, 3.8) is 0 Å². The number of thiophene rings is 2. The molecule has 0 aliphatic heterocycles. The molecule has 1 atom stereocenters. The summed E-state index contributed by atoms with van der Waals surface area (Å²) in [6.45, 7) is 2.16. The van der Waals surface area contributed by atoms with Gasteiger partial charge in [0.05, 0.1) is 6.04 Å². The van der Waals surface area contributed by atoms with Crippen LogP contribution in [0.4, 0.5) is 0 Å². The van der Waals surface area contributed by atoms with Gasteiger partial charge in [-0.15, -0.1) is 22.7 Å². The highest BCUT2D eigenvalue weighted by atomic mass is 32.1. The van der Waals surface area contributed by atoms with Crippen molar-refractivity contribution in [3.05, 3.63) is 57.1 Å². The summed E-state index contributed by atoms with van der Waals surface area (Å²) in [4.78, 5) is 2.75. The molecule has 1 N–H and O–H groups in total. The van der Waals surface area contributed by atoms with Crippen LogP contribution in [0.15, 0.2) is 41.8 Å². The van der Waals surface area contributed by atoms with E-state index in [2.05, 4.69) is 54.0 Å². The van der Waals surface area contributed by atoms with Crippen molar-refractivity contribution in [1.29, 1.82) is 0 Å². The van der Waals surface area contributed by atoms with Crippen LogP contribution in [0.1, 0.15) is 21.4 Å². The van der Waals surface area contributed by atoms with Gasteiger partial charge in [0.15, 0.2) is 0 Å². The molecule has 2 heterocycles. The van der Waals surface area contributed by atoms with Crippen molar-refractivity contribution in [2.45, 2.75) is 13.0 Å². The standard InChI is InChI=1S/C15H15NS2/c1-10-7-12(9-17-10)15(16-2)14-8-11-5-3-4-6-13(11)18-14/h3-9,15-16H,1-2H3. The molecule has 0 aliphatic rings. The maximum Gasteiger partial charge on any atom is 0.0677 e. The summed E-state index contributed by atoms with van der Waals surface area (Å²) in [5.74, 6) is 0. The summed E-state index contributed by atoms with van der Waals surface area (Å²) >= 11 is 3.69. The minimum atomic E-state index is 0.312. The van der Waals surface area contributed by atoms with E-state index >= 15 is 0 Å². The summed E-state index contributed by atoms with van der Waals surface area (Å²) in [5, 5.41) is 7.01. The van der Waals surface area contributed by atoms with E-state index in [0.29, 0.717) is 6.04 Å². The topological polar surface area (TPSA) is 12.0 Å². The predicted octanol–water partition coefficient (Wildman–Crippen LogP) is 4.58. The molecule has 0 radical (unpaired) electrons. The third kappa shape index (κ3) is 2.09. The average molecular weight is 273 g/mol. The maximum absolute atomic E-state index is 3.43. The molecule has 0 fully saturated rings. The fraction of sp³-hybridized carbons (Fsp3) is 0.200. The molecule has 1 unspecified atom stereocenters. The van der Waals surface area contributed by atoms with Gasteiger partial charge >= 0.3 is 0 Å². The number of hydrogen-bond acceptors (Lipinski definition) is 3. The van der Waals surface area contributed by atoms with Gasteiger partial charge < -0.3 is 5.32 Å². The lowest BCUT2D eigenvalue weighted by Crippen LogP contribution is -2.15. The number of benzene rings is 1. The second-order valence-electron chi connectivity index (χ2n) is 4.40. The molecule has 3 rings (SSSR count). The number of rotatable bonds is 3. The van der Waals surface area contributed by atoms with Gasteiger partial charge in [-0.2, -0.15) is 0 Å². The van der Waals surface area contributed by atoms with E-state index in [1.165, 1.54) is 25.4 Å². The lowest BCUT2D eigenvalue weighted by Gasteiger charge is -2.12. The Balaban J connectivity index is 2.05. The first kappa shape index (κ1) is 11.9. The zero-order valence-corrected chi connectivity index (χ0v) is 12.1. The van der Waals surface area contributed by atoms with Gasteiger partial charge in [-0.3, -0.25) is 0 Å². The Morgan fingerprint density at radius 3 is 2.67 bits per heavy atom. The van der Waals surface area contributed by atoms with Crippen molar-refractivity contribution >= 4 is 32.8 Å². The zero-order chi connectivity index (χ0) is 12.5. The Hall–Kier alpha value is -1.16. The third-order valence-electron chi connectivity index (χ3n) is 3.10. The summed E-state index contributed by atoms with van der Waals surface area (Å²) in [6.07, 6.45) is 0. The van der Waals surface area contributed by atoms with E-state index in [1.54, 1.807) is 0 Å². The SMILES string of the molecule is CNC(c1csc(C)c1)c1cc2ccccc2s1. The van der Waals surface area contributed by atoms with E-state index in [9.17, 15) is 0 Å². The van der Waals surface area contributed by atoms with Crippen molar-refractivity contribution in [2.24, 2.45) is 0 Å². The van der Waals surface area contributed by atoms with Gasteiger partial charge in [0.2, 0.25) is 0 Å². The van der Waals surface area contributed by atoms with Crippen molar-refractivity contribution in [2.75, 3.05) is 7.05 Å². The molecule has 92 valence electrons. The molecular weight excluding hydrogens is 258 g/mol. The Morgan fingerprint density at radius 1 is 1.17 bits per heavy atom. The predicted molar refractivity (Wildman–Crippen MR) is 81.8 cm³/mol. The number of nitrogens with one attached hydrogen (secondary N) is 1. The lowest BCUT2D eigenvalue weighted by molar-refractivity contribution is 0.706. The van der Waals surface area contributed by atoms with Crippen LogP contribution in [-0.2, 0) is 0 Å². The Labute approximate surface area is 115 Å². The first-order chi connectivity index (χ1) is 8.78. The Bertz CT molecular complexity index is 633. The van der Waals surface area contributed by atoms with Crippen molar-refractivity contribution in [1.82, 2.24) is 5.32 Å². The minimum absolute atomic E-state index is 0.312. The van der Waals surface area contributed by atoms with E-state index < -0.39 is 0 Å². The molecule has 0 aliphatic carbocycles. The first-order valence-corrected chi connectivity index (χ1v) is 7.68.